The lowest BCUT2D eigenvalue weighted by molar-refractivity contribution is -0.134. The van der Waals surface area contributed by atoms with Crippen molar-refractivity contribution in [2.45, 2.75) is 65.0 Å². The molecule has 2 aromatic rings. The smallest absolute Gasteiger partial charge is 0.227 e. The molecule has 0 unspecified atom stereocenters. The van der Waals surface area contributed by atoms with Crippen LogP contribution in [-0.2, 0) is 23.2 Å². The Morgan fingerprint density at radius 1 is 1.21 bits per heavy atom. The quantitative estimate of drug-likeness (QED) is 0.764. The van der Waals surface area contributed by atoms with Crippen LogP contribution in [0, 0.1) is 0 Å². The molecule has 1 saturated heterocycles. The highest BCUT2D eigenvalue weighted by atomic mass is 16.5. The largest absolute Gasteiger partial charge is 0.340 e. The maximum atomic E-state index is 12.7. The third-order valence-electron chi connectivity index (χ3n) is 5.35. The molecule has 28 heavy (non-hydrogen) atoms. The van der Waals surface area contributed by atoms with Gasteiger partial charge in [0.15, 0.2) is 5.82 Å². The highest BCUT2D eigenvalue weighted by Crippen LogP contribution is 2.20. The van der Waals surface area contributed by atoms with Gasteiger partial charge < -0.3 is 9.42 Å². The number of aryl methyl sites for hydroxylation is 1. The Hall–Kier alpha value is -2.21. The fourth-order valence-corrected chi connectivity index (χ4v) is 3.57. The number of carbonyl (C=O) groups excluding carboxylic acids is 1. The standard InChI is InChI=1S/C22H32N4O2/c1-5-18-16-26(14-13-25(18)15-17-9-7-6-8-10-17)20(27)12-11-19-23-21(24-28-19)22(2,3)4/h6-10,18H,5,11-16H2,1-4H3/t18-/m1/s1. The Morgan fingerprint density at radius 3 is 2.61 bits per heavy atom. The molecule has 1 amide bonds. The zero-order valence-electron chi connectivity index (χ0n) is 17.5. The Morgan fingerprint density at radius 2 is 1.96 bits per heavy atom. The summed E-state index contributed by atoms with van der Waals surface area (Å²) in [6.45, 7) is 11.8. The van der Waals surface area contributed by atoms with Crippen molar-refractivity contribution in [1.82, 2.24) is 19.9 Å². The molecule has 0 saturated carbocycles. The van der Waals surface area contributed by atoms with E-state index in [4.69, 9.17) is 4.52 Å². The third kappa shape index (κ3) is 5.19. The molecule has 3 rings (SSSR count). The molecule has 1 aliphatic heterocycles. The van der Waals surface area contributed by atoms with E-state index in [0.29, 0.717) is 30.6 Å². The summed E-state index contributed by atoms with van der Waals surface area (Å²) in [5.41, 5.74) is 1.18. The van der Waals surface area contributed by atoms with Gasteiger partial charge in [0.05, 0.1) is 0 Å². The van der Waals surface area contributed by atoms with Crippen molar-refractivity contribution < 1.29 is 9.32 Å². The third-order valence-corrected chi connectivity index (χ3v) is 5.35. The monoisotopic (exact) mass is 384 g/mol. The number of carbonyl (C=O) groups is 1. The van der Waals surface area contributed by atoms with Crippen LogP contribution in [0.25, 0.3) is 0 Å². The molecule has 1 atom stereocenters. The number of hydrogen-bond acceptors (Lipinski definition) is 5. The highest BCUT2D eigenvalue weighted by Gasteiger charge is 2.28. The van der Waals surface area contributed by atoms with E-state index >= 15 is 0 Å². The van der Waals surface area contributed by atoms with E-state index in [2.05, 4.69) is 46.2 Å². The first-order chi connectivity index (χ1) is 13.4. The highest BCUT2D eigenvalue weighted by molar-refractivity contribution is 5.76. The summed E-state index contributed by atoms with van der Waals surface area (Å²) < 4.78 is 5.31. The summed E-state index contributed by atoms with van der Waals surface area (Å²) in [7, 11) is 0. The second-order valence-corrected chi connectivity index (χ2v) is 8.62. The normalized spacial score (nSPS) is 18.4. The van der Waals surface area contributed by atoms with Crippen LogP contribution >= 0.6 is 0 Å². The van der Waals surface area contributed by atoms with Gasteiger partial charge in [-0.25, -0.2) is 0 Å². The van der Waals surface area contributed by atoms with E-state index in [1.165, 1.54) is 5.56 Å². The lowest BCUT2D eigenvalue weighted by Gasteiger charge is -2.41. The van der Waals surface area contributed by atoms with Crippen LogP contribution in [0.2, 0.25) is 0 Å². The molecule has 0 spiro atoms. The van der Waals surface area contributed by atoms with Crippen molar-refractivity contribution in [3.8, 4) is 0 Å². The van der Waals surface area contributed by atoms with Gasteiger partial charge in [0.25, 0.3) is 0 Å². The van der Waals surface area contributed by atoms with Crippen LogP contribution in [0.3, 0.4) is 0 Å². The number of aromatic nitrogens is 2. The van der Waals surface area contributed by atoms with Crippen molar-refractivity contribution in [2.75, 3.05) is 19.6 Å². The van der Waals surface area contributed by atoms with Gasteiger partial charge in [-0.05, 0) is 12.0 Å². The Labute approximate surface area is 167 Å². The lowest BCUT2D eigenvalue weighted by Crippen LogP contribution is -2.54. The molecule has 152 valence electrons. The lowest BCUT2D eigenvalue weighted by atomic mass is 9.96. The summed E-state index contributed by atoms with van der Waals surface area (Å²) in [6.07, 6.45) is 1.96. The van der Waals surface area contributed by atoms with Crippen molar-refractivity contribution >= 4 is 5.91 Å². The second-order valence-electron chi connectivity index (χ2n) is 8.62. The second kappa shape index (κ2) is 8.86. The van der Waals surface area contributed by atoms with Gasteiger partial charge in [0, 0.05) is 50.5 Å². The minimum Gasteiger partial charge on any atom is -0.340 e. The number of benzene rings is 1. The first-order valence-corrected chi connectivity index (χ1v) is 10.3. The van der Waals surface area contributed by atoms with Gasteiger partial charge in [0.2, 0.25) is 11.8 Å². The van der Waals surface area contributed by atoms with Crippen molar-refractivity contribution in [3.63, 3.8) is 0 Å². The molecular weight excluding hydrogens is 352 g/mol. The first-order valence-electron chi connectivity index (χ1n) is 10.3. The molecule has 1 aliphatic rings. The zero-order chi connectivity index (χ0) is 20.1. The summed E-state index contributed by atoms with van der Waals surface area (Å²) in [5, 5.41) is 4.04. The van der Waals surface area contributed by atoms with Gasteiger partial charge in [-0.3, -0.25) is 9.69 Å². The van der Waals surface area contributed by atoms with E-state index in [-0.39, 0.29) is 11.3 Å². The van der Waals surface area contributed by atoms with E-state index in [9.17, 15) is 4.79 Å². The van der Waals surface area contributed by atoms with E-state index in [1.54, 1.807) is 0 Å². The predicted octanol–water partition coefficient (Wildman–Crippen LogP) is 3.42. The van der Waals surface area contributed by atoms with Gasteiger partial charge in [-0.1, -0.05) is 63.2 Å². The maximum absolute atomic E-state index is 12.7. The zero-order valence-corrected chi connectivity index (χ0v) is 17.5. The number of nitrogens with zero attached hydrogens (tertiary/aromatic N) is 4. The van der Waals surface area contributed by atoms with Crippen LogP contribution in [0.1, 0.15) is 57.8 Å². The van der Waals surface area contributed by atoms with Gasteiger partial charge in [-0.15, -0.1) is 0 Å². The number of hydrogen-bond donors (Lipinski definition) is 0. The van der Waals surface area contributed by atoms with Crippen molar-refractivity contribution in [3.05, 3.63) is 47.6 Å². The Balaban J connectivity index is 1.52. The van der Waals surface area contributed by atoms with Crippen LogP contribution in [0.4, 0.5) is 0 Å². The Kier molecular flexibility index (Phi) is 6.50. The molecule has 6 nitrogen and oxygen atoms in total. The van der Waals surface area contributed by atoms with Crippen LogP contribution in [0.15, 0.2) is 34.9 Å². The van der Waals surface area contributed by atoms with Gasteiger partial charge >= 0.3 is 0 Å². The molecule has 0 radical (unpaired) electrons. The number of rotatable bonds is 6. The summed E-state index contributed by atoms with van der Waals surface area (Å²) in [5.74, 6) is 1.41. The average Bonchev–Trinajstić information content (AvgIpc) is 3.17. The van der Waals surface area contributed by atoms with Crippen LogP contribution in [-0.4, -0.2) is 51.5 Å². The topological polar surface area (TPSA) is 62.5 Å². The molecule has 1 aromatic carbocycles. The molecule has 1 aromatic heterocycles. The SMILES string of the molecule is CC[C@@H]1CN(C(=O)CCc2nc(C(C)(C)C)no2)CCN1Cc1ccccc1. The van der Waals surface area contributed by atoms with Crippen LogP contribution < -0.4 is 0 Å². The number of amides is 1. The molecule has 0 bridgehead atoms. The van der Waals surface area contributed by atoms with Gasteiger partial charge in [-0.2, -0.15) is 4.98 Å². The molecule has 0 N–H and O–H groups in total. The first kappa shape index (κ1) is 20.5. The fourth-order valence-electron chi connectivity index (χ4n) is 3.57. The number of piperazine rings is 1. The summed E-state index contributed by atoms with van der Waals surface area (Å²) in [4.78, 5) is 21.6. The Bertz CT molecular complexity index is 766. The van der Waals surface area contributed by atoms with Crippen molar-refractivity contribution in [1.29, 1.82) is 0 Å². The summed E-state index contributed by atoms with van der Waals surface area (Å²) >= 11 is 0. The fraction of sp³-hybridized carbons (Fsp3) is 0.591. The van der Waals surface area contributed by atoms with Crippen LogP contribution in [0.5, 0.6) is 0 Å². The maximum Gasteiger partial charge on any atom is 0.227 e. The molecule has 0 aliphatic carbocycles. The molecule has 1 fully saturated rings. The van der Waals surface area contributed by atoms with E-state index in [1.807, 2.05) is 31.7 Å². The molecule has 2 heterocycles. The van der Waals surface area contributed by atoms with E-state index < -0.39 is 0 Å². The minimum absolute atomic E-state index is 0.144. The molecule has 6 heteroatoms. The average molecular weight is 385 g/mol. The molecular formula is C22H32N4O2. The summed E-state index contributed by atoms with van der Waals surface area (Å²) in [6, 6.07) is 10.9. The van der Waals surface area contributed by atoms with E-state index in [0.717, 1.165) is 32.6 Å². The van der Waals surface area contributed by atoms with Gasteiger partial charge in [0.1, 0.15) is 0 Å². The minimum atomic E-state index is -0.144. The van der Waals surface area contributed by atoms with Crippen molar-refractivity contribution in [2.24, 2.45) is 0 Å². The predicted molar refractivity (Wildman–Crippen MR) is 109 cm³/mol.